The van der Waals surface area contributed by atoms with E-state index in [2.05, 4.69) is 36.5 Å². The molecule has 1 saturated carbocycles. The summed E-state index contributed by atoms with van der Waals surface area (Å²) in [6.45, 7) is 8.06. The van der Waals surface area contributed by atoms with Crippen LogP contribution in [0.5, 0.6) is 0 Å². The monoisotopic (exact) mass is 238 g/mol. The second-order valence-corrected chi connectivity index (χ2v) is 6.58. The van der Waals surface area contributed by atoms with Crippen LogP contribution in [0.4, 0.5) is 0 Å². The van der Waals surface area contributed by atoms with Crippen LogP contribution in [0.3, 0.4) is 0 Å². The Morgan fingerprint density at radius 3 is 2.75 bits per heavy atom. The maximum Gasteiger partial charge on any atom is 0.113 e. The van der Waals surface area contributed by atoms with Gasteiger partial charge in [0.1, 0.15) is 5.01 Å². The summed E-state index contributed by atoms with van der Waals surface area (Å²) >= 11 is 1.80. The van der Waals surface area contributed by atoms with Crippen molar-refractivity contribution in [1.82, 2.24) is 10.3 Å². The van der Waals surface area contributed by atoms with Gasteiger partial charge in [0.25, 0.3) is 0 Å². The highest BCUT2D eigenvalue weighted by molar-refractivity contribution is 7.09. The van der Waals surface area contributed by atoms with Crippen molar-refractivity contribution >= 4 is 11.3 Å². The van der Waals surface area contributed by atoms with E-state index in [9.17, 15) is 0 Å². The molecule has 1 aromatic heterocycles. The first-order valence-corrected chi connectivity index (χ1v) is 7.11. The third-order valence-electron chi connectivity index (χ3n) is 3.56. The first-order chi connectivity index (χ1) is 7.58. The largest absolute Gasteiger partial charge is 0.305 e. The summed E-state index contributed by atoms with van der Waals surface area (Å²) in [5.41, 5.74) is 0.611. The molecule has 1 heterocycles. The lowest BCUT2D eigenvalue weighted by atomic mass is 9.88. The molecule has 0 saturated heterocycles. The molecule has 0 radical (unpaired) electrons. The van der Waals surface area contributed by atoms with Crippen LogP contribution in [0.1, 0.15) is 51.5 Å². The van der Waals surface area contributed by atoms with E-state index in [1.165, 1.54) is 30.7 Å². The molecule has 2 nitrogen and oxygen atoms in total. The van der Waals surface area contributed by atoms with E-state index in [-0.39, 0.29) is 5.54 Å². The summed E-state index contributed by atoms with van der Waals surface area (Å²) in [5.74, 6) is 0. The Morgan fingerprint density at radius 2 is 2.25 bits per heavy atom. The topological polar surface area (TPSA) is 24.9 Å². The zero-order valence-electron chi connectivity index (χ0n) is 10.5. The fourth-order valence-electron chi connectivity index (χ4n) is 2.78. The van der Waals surface area contributed by atoms with E-state index >= 15 is 0 Å². The van der Waals surface area contributed by atoms with Crippen LogP contribution in [0.2, 0.25) is 0 Å². The SMILES string of the molecule is CCCNC1(c2nccs2)CCC(C)(C)C1. The lowest BCUT2D eigenvalue weighted by Gasteiger charge is -2.30. The van der Waals surface area contributed by atoms with E-state index in [0.29, 0.717) is 5.41 Å². The molecule has 1 aromatic rings. The number of nitrogens with one attached hydrogen (secondary N) is 1. The van der Waals surface area contributed by atoms with Crippen molar-refractivity contribution in [2.75, 3.05) is 6.54 Å². The molecule has 1 atom stereocenters. The predicted octanol–water partition coefficient (Wildman–Crippen LogP) is 3.55. The second-order valence-electron chi connectivity index (χ2n) is 5.69. The minimum absolute atomic E-state index is 0.160. The third kappa shape index (κ3) is 2.30. The van der Waals surface area contributed by atoms with Gasteiger partial charge in [0, 0.05) is 11.6 Å². The average Bonchev–Trinajstić information content (AvgIpc) is 2.83. The van der Waals surface area contributed by atoms with Crippen molar-refractivity contribution in [2.24, 2.45) is 5.41 Å². The van der Waals surface area contributed by atoms with Gasteiger partial charge in [-0.1, -0.05) is 20.8 Å². The molecule has 1 N–H and O–H groups in total. The van der Waals surface area contributed by atoms with Crippen LogP contribution in [0, 0.1) is 5.41 Å². The van der Waals surface area contributed by atoms with Crippen molar-refractivity contribution in [1.29, 1.82) is 0 Å². The molecular weight excluding hydrogens is 216 g/mol. The van der Waals surface area contributed by atoms with Gasteiger partial charge in [-0.2, -0.15) is 0 Å². The van der Waals surface area contributed by atoms with Gasteiger partial charge in [0.15, 0.2) is 0 Å². The van der Waals surface area contributed by atoms with Crippen molar-refractivity contribution in [3.63, 3.8) is 0 Å². The average molecular weight is 238 g/mol. The first-order valence-electron chi connectivity index (χ1n) is 6.23. The molecule has 0 spiro atoms. The molecule has 0 bridgehead atoms. The molecule has 2 rings (SSSR count). The summed E-state index contributed by atoms with van der Waals surface area (Å²) in [6, 6.07) is 0. The Labute approximate surface area is 102 Å². The fraction of sp³-hybridized carbons (Fsp3) is 0.769. The molecule has 1 fully saturated rings. The van der Waals surface area contributed by atoms with Gasteiger partial charge in [-0.05, 0) is 37.6 Å². The van der Waals surface area contributed by atoms with E-state index in [1.807, 2.05) is 6.20 Å². The normalized spacial score (nSPS) is 28.4. The van der Waals surface area contributed by atoms with Crippen LogP contribution < -0.4 is 5.32 Å². The minimum atomic E-state index is 0.160. The molecule has 90 valence electrons. The van der Waals surface area contributed by atoms with E-state index in [0.717, 1.165) is 6.54 Å². The standard InChI is InChI=1S/C13H22N2S/c1-4-7-15-13(11-14-8-9-16-11)6-5-12(2,3)10-13/h8-9,15H,4-7,10H2,1-3H3. The maximum absolute atomic E-state index is 4.54. The van der Waals surface area contributed by atoms with Crippen LogP contribution in [-0.2, 0) is 5.54 Å². The van der Waals surface area contributed by atoms with E-state index in [4.69, 9.17) is 0 Å². The highest BCUT2D eigenvalue weighted by atomic mass is 32.1. The van der Waals surface area contributed by atoms with Crippen LogP contribution >= 0.6 is 11.3 Å². The Morgan fingerprint density at radius 1 is 1.44 bits per heavy atom. The molecule has 1 aliphatic rings. The Bertz CT molecular complexity index is 332. The molecule has 1 unspecified atom stereocenters. The molecule has 3 heteroatoms. The number of hydrogen-bond acceptors (Lipinski definition) is 3. The summed E-state index contributed by atoms with van der Waals surface area (Å²) in [7, 11) is 0. The van der Waals surface area contributed by atoms with Crippen LogP contribution in [0.15, 0.2) is 11.6 Å². The molecule has 16 heavy (non-hydrogen) atoms. The van der Waals surface area contributed by atoms with Crippen molar-refractivity contribution in [3.05, 3.63) is 16.6 Å². The van der Waals surface area contributed by atoms with Gasteiger partial charge in [-0.15, -0.1) is 11.3 Å². The van der Waals surface area contributed by atoms with E-state index < -0.39 is 0 Å². The maximum atomic E-state index is 4.54. The number of hydrogen-bond donors (Lipinski definition) is 1. The zero-order chi connectivity index (χ0) is 11.6. The van der Waals surface area contributed by atoms with Crippen LogP contribution in [0.25, 0.3) is 0 Å². The second kappa shape index (κ2) is 4.46. The lowest BCUT2D eigenvalue weighted by molar-refractivity contribution is 0.288. The molecule has 0 aliphatic heterocycles. The Kier molecular flexibility index (Phi) is 3.36. The highest BCUT2D eigenvalue weighted by Crippen LogP contribution is 2.49. The fourth-order valence-corrected chi connectivity index (χ4v) is 3.62. The smallest absolute Gasteiger partial charge is 0.113 e. The minimum Gasteiger partial charge on any atom is -0.305 e. The van der Waals surface area contributed by atoms with Gasteiger partial charge >= 0.3 is 0 Å². The number of aromatic nitrogens is 1. The Balaban J connectivity index is 2.21. The molecule has 1 aliphatic carbocycles. The van der Waals surface area contributed by atoms with Crippen molar-refractivity contribution in [2.45, 2.75) is 52.0 Å². The molecular formula is C13H22N2S. The predicted molar refractivity (Wildman–Crippen MR) is 69.7 cm³/mol. The first kappa shape index (κ1) is 12.1. The quantitative estimate of drug-likeness (QED) is 0.867. The van der Waals surface area contributed by atoms with Gasteiger partial charge < -0.3 is 5.32 Å². The molecule has 0 aromatic carbocycles. The van der Waals surface area contributed by atoms with E-state index in [1.54, 1.807) is 11.3 Å². The summed E-state index contributed by atoms with van der Waals surface area (Å²) in [5, 5.41) is 7.13. The van der Waals surface area contributed by atoms with Crippen molar-refractivity contribution in [3.8, 4) is 0 Å². The van der Waals surface area contributed by atoms with Gasteiger partial charge in [0.05, 0.1) is 5.54 Å². The Hall–Kier alpha value is -0.410. The highest BCUT2D eigenvalue weighted by Gasteiger charge is 2.45. The number of rotatable bonds is 4. The molecule has 0 amide bonds. The summed E-state index contributed by atoms with van der Waals surface area (Å²) in [6.07, 6.45) is 6.86. The summed E-state index contributed by atoms with van der Waals surface area (Å²) < 4.78 is 0. The van der Waals surface area contributed by atoms with Gasteiger partial charge in [-0.3, -0.25) is 0 Å². The number of nitrogens with zero attached hydrogens (tertiary/aromatic N) is 1. The lowest BCUT2D eigenvalue weighted by Crippen LogP contribution is -2.41. The van der Waals surface area contributed by atoms with Gasteiger partial charge in [-0.25, -0.2) is 4.98 Å². The zero-order valence-corrected chi connectivity index (χ0v) is 11.4. The van der Waals surface area contributed by atoms with Crippen molar-refractivity contribution < 1.29 is 0 Å². The van der Waals surface area contributed by atoms with Crippen LogP contribution in [-0.4, -0.2) is 11.5 Å². The van der Waals surface area contributed by atoms with Gasteiger partial charge in [0.2, 0.25) is 0 Å². The third-order valence-corrected chi connectivity index (χ3v) is 4.54. The number of thiazole rings is 1. The summed E-state index contributed by atoms with van der Waals surface area (Å²) in [4.78, 5) is 4.54.